The first-order chi connectivity index (χ1) is 15.2. The van der Waals surface area contributed by atoms with E-state index in [1.54, 1.807) is 0 Å². The van der Waals surface area contributed by atoms with Crippen molar-refractivity contribution in [3.63, 3.8) is 0 Å². The van der Waals surface area contributed by atoms with E-state index >= 15 is 0 Å². The second-order valence-corrected chi connectivity index (χ2v) is 9.61. The summed E-state index contributed by atoms with van der Waals surface area (Å²) in [5.41, 5.74) is 1.22. The summed E-state index contributed by atoms with van der Waals surface area (Å²) in [5, 5.41) is 3.19. The first kappa shape index (κ1) is 22.3. The average molecular weight is 427 g/mol. The fourth-order valence-electron chi connectivity index (χ4n) is 5.64. The van der Waals surface area contributed by atoms with Gasteiger partial charge in [0.2, 0.25) is 11.8 Å². The lowest BCUT2D eigenvalue weighted by Gasteiger charge is -2.44. The van der Waals surface area contributed by atoms with Gasteiger partial charge in [0.15, 0.2) is 0 Å². The van der Waals surface area contributed by atoms with Crippen molar-refractivity contribution >= 4 is 11.8 Å². The molecule has 31 heavy (non-hydrogen) atoms. The quantitative estimate of drug-likeness (QED) is 0.805. The number of amides is 2. The van der Waals surface area contributed by atoms with Crippen LogP contribution in [0, 0.1) is 11.8 Å². The Labute approximate surface area is 186 Å². The third-order valence-corrected chi connectivity index (χ3v) is 7.46. The normalized spacial score (nSPS) is 27.1. The molecule has 0 aromatic carbocycles. The van der Waals surface area contributed by atoms with E-state index in [-0.39, 0.29) is 23.8 Å². The zero-order valence-corrected chi connectivity index (χ0v) is 18.8. The van der Waals surface area contributed by atoms with Gasteiger partial charge in [-0.25, -0.2) is 0 Å². The van der Waals surface area contributed by atoms with Gasteiger partial charge in [-0.3, -0.25) is 19.5 Å². The Balaban J connectivity index is 1.54. The average Bonchev–Trinajstić information content (AvgIpc) is 2.85. The molecule has 0 radical (unpaired) electrons. The molecule has 0 bridgehead atoms. The molecule has 3 fully saturated rings. The summed E-state index contributed by atoms with van der Waals surface area (Å²) in [6.07, 6.45) is 14.6. The molecule has 2 saturated heterocycles. The highest BCUT2D eigenvalue weighted by Crippen LogP contribution is 2.30. The van der Waals surface area contributed by atoms with Gasteiger partial charge in [-0.05, 0) is 56.3 Å². The van der Waals surface area contributed by atoms with Crippen molar-refractivity contribution < 1.29 is 9.59 Å². The van der Waals surface area contributed by atoms with E-state index in [1.807, 2.05) is 12.4 Å². The van der Waals surface area contributed by atoms with E-state index in [2.05, 4.69) is 32.2 Å². The minimum Gasteiger partial charge on any atom is -0.356 e. The Bertz CT molecular complexity index is 719. The van der Waals surface area contributed by atoms with Gasteiger partial charge in [0.05, 0.1) is 5.92 Å². The number of fused-ring (bicyclic) bond motifs is 1. The smallest absolute Gasteiger partial charge is 0.225 e. The molecule has 1 aliphatic carbocycles. The number of hydrogen-bond acceptors (Lipinski definition) is 4. The van der Waals surface area contributed by atoms with Crippen molar-refractivity contribution in [2.75, 3.05) is 26.2 Å². The predicted molar refractivity (Wildman–Crippen MR) is 121 cm³/mol. The van der Waals surface area contributed by atoms with Crippen LogP contribution in [0.5, 0.6) is 0 Å². The molecule has 3 aliphatic rings. The summed E-state index contributed by atoms with van der Waals surface area (Å²) in [4.78, 5) is 35.1. The monoisotopic (exact) mass is 426 g/mol. The van der Waals surface area contributed by atoms with Gasteiger partial charge in [0.1, 0.15) is 0 Å². The number of pyridine rings is 1. The van der Waals surface area contributed by atoms with Gasteiger partial charge in [0, 0.05) is 50.5 Å². The first-order valence-corrected chi connectivity index (χ1v) is 12.4. The number of piperidine rings is 1. The van der Waals surface area contributed by atoms with Crippen LogP contribution in [0.3, 0.4) is 0 Å². The number of aromatic nitrogens is 1. The number of hydrogen-bond donors (Lipinski definition) is 1. The first-order valence-electron chi connectivity index (χ1n) is 12.4. The van der Waals surface area contributed by atoms with Gasteiger partial charge >= 0.3 is 0 Å². The van der Waals surface area contributed by atoms with E-state index in [4.69, 9.17) is 0 Å². The highest BCUT2D eigenvalue weighted by molar-refractivity contribution is 5.82. The number of carbonyl (C=O) groups is 2. The van der Waals surface area contributed by atoms with E-state index < -0.39 is 0 Å². The van der Waals surface area contributed by atoms with Gasteiger partial charge in [-0.2, -0.15) is 0 Å². The van der Waals surface area contributed by atoms with Crippen LogP contribution in [-0.4, -0.2) is 58.8 Å². The molecule has 1 saturated carbocycles. The highest BCUT2D eigenvalue weighted by Gasteiger charge is 2.40. The molecule has 1 aromatic rings. The van der Waals surface area contributed by atoms with Crippen molar-refractivity contribution in [2.24, 2.45) is 11.8 Å². The van der Waals surface area contributed by atoms with Crippen molar-refractivity contribution in [3.8, 4) is 0 Å². The largest absolute Gasteiger partial charge is 0.356 e. The molecule has 1 aromatic heterocycles. The third kappa shape index (κ3) is 5.85. The fraction of sp³-hybridized carbons (Fsp3) is 0.720. The van der Waals surface area contributed by atoms with Gasteiger partial charge in [-0.15, -0.1) is 0 Å². The molecule has 0 spiro atoms. The van der Waals surface area contributed by atoms with Gasteiger partial charge < -0.3 is 10.2 Å². The standard InChI is InChI=1S/C25H38N4O2/c30-24-22-12-17-29(25(31)21-8-4-3-5-9-21)19-23(22)28(16-7-2-1-6-13-27-24)18-20-10-14-26-15-11-20/h10-11,14-15,21-23H,1-9,12-13,16-19H2,(H,27,30). The SMILES string of the molecule is O=C1NCCCCCCN(Cc2ccncc2)C2CN(C(=O)C3CCCCC3)CCC12. The minimum atomic E-state index is -0.0460. The molecular formula is C25H38N4O2. The van der Waals surface area contributed by atoms with Crippen LogP contribution in [0.1, 0.15) is 69.8 Å². The fourth-order valence-corrected chi connectivity index (χ4v) is 5.64. The molecule has 170 valence electrons. The van der Waals surface area contributed by atoms with Crippen LogP contribution < -0.4 is 5.32 Å². The topological polar surface area (TPSA) is 65.5 Å². The zero-order chi connectivity index (χ0) is 21.5. The summed E-state index contributed by atoms with van der Waals surface area (Å²) < 4.78 is 0. The van der Waals surface area contributed by atoms with Gasteiger partial charge in [-0.1, -0.05) is 32.1 Å². The molecule has 2 atom stereocenters. The maximum atomic E-state index is 13.3. The summed E-state index contributed by atoms with van der Waals surface area (Å²) in [6, 6.07) is 4.20. The third-order valence-electron chi connectivity index (χ3n) is 7.46. The Hall–Kier alpha value is -1.95. The Morgan fingerprint density at radius 2 is 1.71 bits per heavy atom. The van der Waals surface area contributed by atoms with E-state index in [9.17, 15) is 9.59 Å². The molecule has 4 rings (SSSR count). The van der Waals surface area contributed by atoms with Crippen LogP contribution in [0.4, 0.5) is 0 Å². The Morgan fingerprint density at radius 1 is 0.968 bits per heavy atom. The minimum absolute atomic E-state index is 0.0460. The molecular weight excluding hydrogens is 388 g/mol. The summed E-state index contributed by atoms with van der Waals surface area (Å²) in [5.74, 6) is 0.652. The molecule has 1 N–H and O–H groups in total. The summed E-state index contributed by atoms with van der Waals surface area (Å²) in [7, 11) is 0. The predicted octanol–water partition coefficient (Wildman–Crippen LogP) is 3.37. The molecule has 3 heterocycles. The number of rotatable bonds is 3. The maximum Gasteiger partial charge on any atom is 0.225 e. The van der Waals surface area contributed by atoms with E-state index in [1.165, 1.54) is 31.2 Å². The van der Waals surface area contributed by atoms with Crippen LogP contribution in [0.25, 0.3) is 0 Å². The molecule has 2 unspecified atom stereocenters. The van der Waals surface area contributed by atoms with Crippen molar-refractivity contribution in [1.82, 2.24) is 20.1 Å². The van der Waals surface area contributed by atoms with Crippen LogP contribution in [-0.2, 0) is 16.1 Å². The molecule has 6 heteroatoms. The van der Waals surface area contributed by atoms with E-state index in [0.29, 0.717) is 19.0 Å². The van der Waals surface area contributed by atoms with Crippen LogP contribution in [0.15, 0.2) is 24.5 Å². The number of carbonyl (C=O) groups excluding carboxylic acids is 2. The lowest BCUT2D eigenvalue weighted by atomic mass is 9.85. The lowest BCUT2D eigenvalue weighted by molar-refractivity contribution is -0.143. The van der Waals surface area contributed by atoms with Crippen molar-refractivity contribution in [3.05, 3.63) is 30.1 Å². The summed E-state index contributed by atoms with van der Waals surface area (Å²) >= 11 is 0. The Morgan fingerprint density at radius 3 is 2.52 bits per heavy atom. The Kier molecular flexibility index (Phi) is 7.95. The molecule has 6 nitrogen and oxygen atoms in total. The number of nitrogens with one attached hydrogen (secondary N) is 1. The molecule has 2 aliphatic heterocycles. The number of likely N-dealkylation sites (tertiary alicyclic amines) is 1. The van der Waals surface area contributed by atoms with Crippen LogP contribution in [0.2, 0.25) is 0 Å². The lowest BCUT2D eigenvalue weighted by Crippen LogP contribution is -2.58. The van der Waals surface area contributed by atoms with E-state index in [0.717, 1.165) is 58.2 Å². The zero-order valence-electron chi connectivity index (χ0n) is 18.8. The second-order valence-electron chi connectivity index (χ2n) is 9.61. The number of nitrogens with zero attached hydrogens (tertiary/aromatic N) is 3. The molecule has 2 amide bonds. The summed E-state index contributed by atoms with van der Waals surface area (Å²) in [6.45, 7) is 3.95. The maximum absolute atomic E-state index is 13.3. The van der Waals surface area contributed by atoms with Crippen molar-refractivity contribution in [2.45, 2.75) is 76.8 Å². The van der Waals surface area contributed by atoms with Gasteiger partial charge in [0.25, 0.3) is 0 Å². The van der Waals surface area contributed by atoms with Crippen LogP contribution >= 0.6 is 0 Å². The highest BCUT2D eigenvalue weighted by atomic mass is 16.2. The van der Waals surface area contributed by atoms with Crippen molar-refractivity contribution in [1.29, 1.82) is 0 Å². The second kappa shape index (κ2) is 11.1.